The van der Waals surface area contributed by atoms with E-state index in [-0.39, 0.29) is 0 Å². The number of para-hydroxylation sites is 1. The largest absolute Gasteiger partial charge is 0.465 e. The zero-order chi connectivity index (χ0) is 10.8. The van der Waals surface area contributed by atoms with Crippen LogP contribution < -0.4 is 5.32 Å². The molecule has 3 heteroatoms. The predicted octanol–water partition coefficient (Wildman–Crippen LogP) is 2.65. The summed E-state index contributed by atoms with van der Waals surface area (Å²) in [4.78, 5) is 4.62. The van der Waals surface area contributed by atoms with E-state index in [2.05, 4.69) is 10.3 Å². The van der Waals surface area contributed by atoms with Gasteiger partial charge in [0, 0.05) is 11.6 Å². The number of rotatable bonds is 1. The summed E-state index contributed by atoms with van der Waals surface area (Å²) < 4.78 is 5.63. The van der Waals surface area contributed by atoms with Crippen molar-refractivity contribution in [1.82, 2.24) is 0 Å². The zero-order valence-electron chi connectivity index (χ0n) is 9.23. The summed E-state index contributed by atoms with van der Waals surface area (Å²) in [6.07, 6.45) is 3.78. The molecule has 16 heavy (non-hydrogen) atoms. The molecule has 1 fully saturated rings. The molecule has 1 N–H and O–H groups in total. The van der Waals surface area contributed by atoms with Gasteiger partial charge in [-0.3, -0.25) is 0 Å². The number of nitrogens with zero attached hydrogens (tertiary/aromatic N) is 1. The minimum absolute atomic E-state index is 0.486. The van der Waals surface area contributed by atoms with Gasteiger partial charge in [-0.2, -0.15) is 0 Å². The van der Waals surface area contributed by atoms with Gasteiger partial charge in [-0.25, -0.2) is 4.99 Å². The van der Waals surface area contributed by atoms with Crippen molar-refractivity contribution in [2.24, 2.45) is 10.9 Å². The van der Waals surface area contributed by atoms with Crippen LogP contribution in [0.5, 0.6) is 0 Å². The summed E-state index contributed by atoms with van der Waals surface area (Å²) in [6.45, 7) is 0.823. The highest BCUT2D eigenvalue weighted by Gasteiger charge is 2.31. The van der Waals surface area contributed by atoms with Crippen LogP contribution in [0.4, 0.5) is 5.69 Å². The lowest BCUT2D eigenvalue weighted by Gasteiger charge is -2.24. The van der Waals surface area contributed by atoms with Crippen molar-refractivity contribution in [2.75, 3.05) is 11.9 Å². The fourth-order valence-electron chi connectivity index (χ4n) is 2.47. The predicted molar refractivity (Wildman–Crippen MR) is 64.6 cm³/mol. The Morgan fingerprint density at radius 3 is 2.94 bits per heavy atom. The quantitative estimate of drug-likeness (QED) is 0.783. The van der Waals surface area contributed by atoms with Crippen molar-refractivity contribution in [3.05, 3.63) is 30.3 Å². The molecule has 1 aromatic rings. The summed E-state index contributed by atoms with van der Waals surface area (Å²) in [6, 6.07) is 11.2. The molecule has 0 saturated heterocycles. The molecular formula is C13H16N2O. The maximum absolute atomic E-state index is 5.63. The number of hydrogen-bond donors (Lipinski definition) is 1. The number of anilines is 1. The number of amidine groups is 1. The van der Waals surface area contributed by atoms with Crippen molar-refractivity contribution in [2.45, 2.75) is 25.3 Å². The van der Waals surface area contributed by atoms with Crippen molar-refractivity contribution in [3.8, 4) is 0 Å². The van der Waals surface area contributed by atoms with E-state index in [9.17, 15) is 0 Å². The molecule has 3 rings (SSSR count). The molecule has 1 aliphatic carbocycles. The Morgan fingerprint density at radius 2 is 2.06 bits per heavy atom. The topological polar surface area (TPSA) is 33.6 Å². The van der Waals surface area contributed by atoms with Crippen molar-refractivity contribution in [1.29, 1.82) is 0 Å². The Balaban J connectivity index is 1.72. The maximum atomic E-state index is 5.63. The van der Waals surface area contributed by atoms with Gasteiger partial charge in [-0.1, -0.05) is 24.6 Å². The smallest absolute Gasteiger partial charge is 0.289 e. The summed E-state index contributed by atoms with van der Waals surface area (Å²) in [7, 11) is 0. The van der Waals surface area contributed by atoms with E-state index in [4.69, 9.17) is 4.74 Å². The van der Waals surface area contributed by atoms with Crippen molar-refractivity contribution >= 4 is 11.7 Å². The molecule has 2 atom stereocenters. The first kappa shape index (κ1) is 9.70. The second-order valence-electron chi connectivity index (χ2n) is 4.49. The monoisotopic (exact) mass is 216 g/mol. The molecule has 0 unspecified atom stereocenters. The first-order valence-corrected chi connectivity index (χ1v) is 5.94. The number of nitrogens with one attached hydrogen (secondary N) is 1. The van der Waals surface area contributed by atoms with Crippen LogP contribution in [0.15, 0.2) is 35.3 Å². The number of aliphatic imine (C=N–C) groups is 1. The van der Waals surface area contributed by atoms with E-state index < -0.39 is 0 Å². The summed E-state index contributed by atoms with van der Waals surface area (Å²) in [5.74, 6) is 0.654. The Bertz CT molecular complexity index is 388. The molecule has 0 aromatic heterocycles. The number of benzene rings is 1. The first-order chi connectivity index (χ1) is 7.92. The molecule has 0 bridgehead atoms. The molecule has 1 aromatic carbocycles. The Hall–Kier alpha value is -1.51. The lowest BCUT2D eigenvalue weighted by Crippen LogP contribution is -2.31. The van der Waals surface area contributed by atoms with E-state index in [0.717, 1.165) is 12.3 Å². The number of ether oxygens (including phenoxy) is 1. The van der Waals surface area contributed by atoms with Crippen LogP contribution in [0.25, 0.3) is 0 Å². The van der Waals surface area contributed by atoms with Gasteiger partial charge in [0.05, 0.1) is 12.6 Å². The fraction of sp³-hybridized carbons (Fsp3) is 0.462. The normalized spacial score (nSPS) is 27.9. The van der Waals surface area contributed by atoms with Gasteiger partial charge >= 0.3 is 0 Å². The molecule has 1 saturated carbocycles. The lowest BCUT2D eigenvalue weighted by atomic mass is 10.1. The van der Waals surface area contributed by atoms with Crippen LogP contribution in [0.1, 0.15) is 19.3 Å². The standard InChI is InChI=1S/C13H16N2O/c1-2-6-11(7-3-1)14-13-15-12-8-4-5-10(12)9-16-13/h1-3,6-7,10,12H,4-5,8-9H2,(H,14,15)/t10-,12+/m1/s1. The highest BCUT2D eigenvalue weighted by atomic mass is 16.5. The maximum Gasteiger partial charge on any atom is 0.289 e. The second kappa shape index (κ2) is 4.16. The van der Waals surface area contributed by atoms with Gasteiger partial charge in [0.25, 0.3) is 6.02 Å². The molecule has 0 spiro atoms. The van der Waals surface area contributed by atoms with E-state index in [0.29, 0.717) is 18.0 Å². The Labute approximate surface area is 95.5 Å². The Kier molecular flexibility index (Phi) is 2.52. The first-order valence-electron chi connectivity index (χ1n) is 5.94. The average Bonchev–Trinajstić information content (AvgIpc) is 2.77. The van der Waals surface area contributed by atoms with E-state index in [1.54, 1.807) is 0 Å². The fourth-order valence-corrected chi connectivity index (χ4v) is 2.47. The van der Waals surface area contributed by atoms with Crippen LogP contribution in [-0.2, 0) is 4.74 Å². The van der Waals surface area contributed by atoms with Crippen molar-refractivity contribution in [3.63, 3.8) is 0 Å². The lowest BCUT2D eigenvalue weighted by molar-refractivity contribution is 0.203. The molecule has 3 nitrogen and oxygen atoms in total. The van der Waals surface area contributed by atoms with Crippen LogP contribution in [-0.4, -0.2) is 18.7 Å². The van der Waals surface area contributed by atoms with Crippen LogP contribution in [0.3, 0.4) is 0 Å². The van der Waals surface area contributed by atoms with Crippen molar-refractivity contribution < 1.29 is 4.74 Å². The minimum atomic E-state index is 0.486. The minimum Gasteiger partial charge on any atom is -0.465 e. The second-order valence-corrected chi connectivity index (χ2v) is 4.49. The molecule has 0 amide bonds. The van der Waals surface area contributed by atoms with Gasteiger partial charge in [-0.15, -0.1) is 0 Å². The SMILES string of the molecule is c1ccc(NC2=N[C@H]3CCC[C@@H]3CO2)cc1. The third-order valence-electron chi connectivity index (χ3n) is 3.36. The zero-order valence-corrected chi connectivity index (χ0v) is 9.23. The third-order valence-corrected chi connectivity index (χ3v) is 3.36. The highest BCUT2D eigenvalue weighted by Crippen LogP contribution is 2.31. The van der Waals surface area contributed by atoms with E-state index >= 15 is 0 Å². The summed E-state index contributed by atoms with van der Waals surface area (Å²) in [5, 5.41) is 3.22. The number of fused-ring (bicyclic) bond motifs is 1. The van der Waals surface area contributed by atoms with Gasteiger partial charge in [-0.05, 0) is 25.0 Å². The Morgan fingerprint density at radius 1 is 1.19 bits per heavy atom. The van der Waals surface area contributed by atoms with Crippen LogP contribution in [0.2, 0.25) is 0 Å². The highest BCUT2D eigenvalue weighted by molar-refractivity contribution is 5.89. The molecule has 0 radical (unpaired) electrons. The van der Waals surface area contributed by atoms with E-state index in [1.807, 2.05) is 30.3 Å². The molecule has 1 aliphatic heterocycles. The number of hydrogen-bond acceptors (Lipinski definition) is 3. The summed E-state index contributed by atoms with van der Waals surface area (Å²) in [5.41, 5.74) is 1.04. The molecule has 84 valence electrons. The molecule has 1 heterocycles. The van der Waals surface area contributed by atoms with Gasteiger partial charge < -0.3 is 10.1 Å². The summed E-state index contributed by atoms with van der Waals surface area (Å²) >= 11 is 0. The third kappa shape index (κ3) is 1.90. The van der Waals surface area contributed by atoms with Crippen LogP contribution in [0, 0.1) is 5.92 Å². The van der Waals surface area contributed by atoms with Gasteiger partial charge in [0.1, 0.15) is 0 Å². The van der Waals surface area contributed by atoms with E-state index in [1.165, 1.54) is 19.3 Å². The molecular weight excluding hydrogens is 200 g/mol. The van der Waals surface area contributed by atoms with Gasteiger partial charge in [0.15, 0.2) is 0 Å². The van der Waals surface area contributed by atoms with Crippen LogP contribution >= 0.6 is 0 Å². The molecule has 2 aliphatic rings. The van der Waals surface area contributed by atoms with Gasteiger partial charge in [0.2, 0.25) is 0 Å². The average molecular weight is 216 g/mol.